The first kappa shape index (κ1) is 22.1. The molecular formula is C26H30N2O4. The summed E-state index contributed by atoms with van der Waals surface area (Å²) in [6.07, 6.45) is 3.96. The molecule has 0 atom stereocenters. The van der Waals surface area contributed by atoms with Crippen LogP contribution in [0.2, 0.25) is 0 Å². The van der Waals surface area contributed by atoms with Crippen LogP contribution < -0.4 is 9.64 Å². The van der Waals surface area contributed by atoms with Gasteiger partial charge in [0.05, 0.1) is 7.11 Å². The molecule has 1 amide bonds. The fourth-order valence-corrected chi connectivity index (χ4v) is 4.76. The Hall–Kier alpha value is -3.15. The summed E-state index contributed by atoms with van der Waals surface area (Å²) in [4.78, 5) is 41.0. The van der Waals surface area contributed by atoms with Gasteiger partial charge in [-0.3, -0.25) is 14.4 Å². The van der Waals surface area contributed by atoms with Gasteiger partial charge in [0, 0.05) is 54.8 Å². The van der Waals surface area contributed by atoms with Crippen LogP contribution in [0.25, 0.3) is 0 Å². The number of methoxy groups -OCH3 is 1. The number of ketones is 1. The average Bonchev–Trinajstić information content (AvgIpc) is 2.88. The van der Waals surface area contributed by atoms with Gasteiger partial charge in [-0.2, -0.15) is 0 Å². The third-order valence-corrected chi connectivity index (χ3v) is 6.79. The molecule has 6 heteroatoms. The molecule has 0 saturated carbocycles. The summed E-state index contributed by atoms with van der Waals surface area (Å²) in [6.45, 7) is 2.98. The van der Waals surface area contributed by atoms with Gasteiger partial charge in [0.15, 0.2) is 5.78 Å². The molecule has 6 nitrogen and oxygen atoms in total. The first-order valence-corrected chi connectivity index (χ1v) is 11.4. The minimum atomic E-state index is -0.0244. The van der Waals surface area contributed by atoms with Crippen molar-refractivity contribution in [2.24, 2.45) is 11.8 Å². The van der Waals surface area contributed by atoms with Crippen molar-refractivity contribution in [1.82, 2.24) is 4.90 Å². The van der Waals surface area contributed by atoms with E-state index in [9.17, 15) is 14.4 Å². The number of rotatable bonds is 6. The summed E-state index contributed by atoms with van der Waals surface area (Å²) >= 11 is 0. The molecule has 2 aliphatic heterocycles. The van der Waals surface area contributed by atoms with Crippen molar-refractivity contribution in [3.8, 4) is 5.75 Å². The molecule has 168 valence electrons. The Morgan fingerprint density at radius 2 is 1.44 bits per heavy atom. The Bertz CT molecular complexity index is 939. The van der Waals surface area contributed by atoms with E-state index in [0.29, 0.717) is 24.2 Å². The smallest absolute Gasteiger partial charge is 0.225 e. The van der Waals surface area contributed by atoms with Crippen molar-refractivity contribution in [3.63, 3.8) is 0 Å². The van der Waals surface area contributed by atoms with Gasteiger partial charge < -0.3 is 14.5 Å². The summed E-state index contributed by atoms with van der Waals surface area (Å²) in [5.74, 6) is 1.16. The summed E-state index contributed by atoms with van der Waals surface area (Å²) in [7, 11) is 1.61. The minimum absolute atomic E-state index is 0.0244. The van der Waals surface area contributed by atoms with Gasteiger partial charge in [0.2, 0.25) is 5.91 Å². The van der Waals surface area contributed by atoms with Gasteiger partial charge in [-0.1, -0.05) is 0 Å². The second-order valence-corrected chi connectivity index (χ2v) is 8.66. The van der Waals surface area contributed by atoms with Crippen molar-refractivity contribution in [1.29, 1.82) is 0 Å². The van der Waals surface area contributed by atoms with E-state index in [-0.39, 0.29) is 23.5 Å². The SMILES string of the molecule is COc1ccc(C(=O)C2CCN(C(=O)C3CCN(c4ccc(C=O)cc4)CC3)CC2)cc1. The number of hydrogen-bond donors (Lipinski definition) is 0. The predicted octanol–water partition coefficient (Wildman–Crippen LogP) is 3.85. The van der Waals surface area contributed by atoms with Crippen LogP contribution in [-0.2, 0) is 4.79 Å². The molecule has 2 heterocycles. The van der Waals surface area contributed by atoms with E-state index in [1.807, 2.05) is 53.4 Å². The highest BCUT2D eigenvalue weighted by molar-refractivity contribution is 5.98. The number of aldehydes is 1. The van der Waals surface area contributed by atoms with Crippen molar-refractivity contribution in [2.75, 3.05) is 38.2 Å². The Balaban J connectivity index is 1.26. The highest BCUT2D eigenvalue weighted by atomic mass is 16.5. The lowest BCUT2D eigenvalue weighted by Crippen LogP contribution is -2.46. The molecule has 0 spiro atoms. The van der Waals surface area contributed by atoms with Crippen LogP contribution in [0, 0.1) is 11.8 Å². The number of amides is 1. The summed E-state index contributed by atoms with van der Waals surface area (Å²) in [5.41, 5.74) is 2.48. The largest absolute Gasteiger partial charge is 0.497 e. The lowest BCUT2D eigenvalue weighted by molar-refractivity contribution is -0.137. The number of carbonyl (C=O) groups is 3. The molecule has 2 aromatic carbocycles. The zero-order valence-corrected chi connectivity index (χ0v) is 18.5. The number of benzene rings is 2. The zero-order chi connectivity index (χ0) is 22.5. The zero-order valence-electron chi connectivity index (χ0n) is 18.5. The van der Waals surface area contributed by atoms with E-state index in [1.54, 1.807) is 7.11 Å². The van der Waals surface area contributed by atoms with E-state index < -0.39 is 0 Å². The van der Waals surface area contributed by atoms with Gasteiger partial charge in [-0.05, 0) is 74.2 Å². The molecular weight excluding hydrogens is 404 g/mol. The van der Waals surface area contributed by atoms with Crippen molar-refractivity contribution in [2.45, 2.75) is 25.7 Å². The maximum absolute atomic E-state index is 13.1. The maximum atomic E-state index is 13.1. The molecule has 0 aliphatic carbocycles. The molecule has 0 N–H and O–H groups in total. The Kier molecular flexibility index (Phi) is 6.88. The number of Topliss-reactive ketones (excluding diaryl/α,β-unsaturated/α-hetero) is 1. The van der Waals surface area contributed by atoms with Crippen LogP contribution in [0.5, 0.6) is 5.75 Å². The molecule has 4 rings (SSSR count). The molecule has 2 aliphatic rings. The van der Waals surface area contributed by atoms with Crippen LogP contribution >= 0.6 is 0 Å². The summed E-state index contributed by atoms with van der Waals surface area (Å²) in [6, 6.07) is 14.9. The standard InChI is InChI=1S/C26H30N2O4/c1-32-24-8-4-20(5-9-24)25(30)21-10-16-28(17-11-21)26(31)22-12-14-27(15-13-22)23-6-2-19(18-29)3-7-23/h2-9,18,21-22H,10-17H2,1H3. The average molecular weight is 435 g/mol. The highest BCUT2D eigenvalue weighted by Gasteiger charge is 2.32. The Morgan fingerprint density at radius 1 is 0.844 bits per heavy atom. The lowest BCUT2D eigenvalue weighted by atomic mass is 9.87. The molecule has 2 fully saturated rings. The molecule has 0 aromatic heterocycles. The molecule has 2 saturated heterocycles. The first-order chi connectivity index (χ1) is 15.6. The number of anilines is 1. The lowest BCUT2D eigenvalue weighted by Gasteiger charge is -2.37. The van der Waals surface area contributed by atoms with E-state index in [0.717, 1.165) is 56.5 Å². The monoisotopic (exact) mass is 434 g/mol. The second-order valence-electron chi connectivity index (χ2n) is 8.66. The van der Waals surface area contributed by atoms with E-state index >= 15 is 0 Å². The Morgan fingerprint density at radius 3 is 2.00 bits per heavy atom. The normalized spacial score (nSPS) is 17.8. The highest BCUT2D eigenvalue weighted by Crippen LogP contribution is 2.28. The quantitative estimate of drug-likeness (QED) is 0.510. The minimum Gasteiger partial charge on any atom is -0.497 e. The summed E-state index contributed by atoms with van der Waals surface area (Å²) in [5, 5.41) is 0. The van der Waals surface area contributed by atoms with Crippen molar-refractivity contribution in [3.05, 3.63) is 59.7 Å². The van der Waals surface area contributed by atoms with E-state index in [2.05, 4.69) is 4.90 Å². The number of carbonyl (C=O) groups excluding carboxylic acids is 3. The van der Waals surface area contributed by atoms with Gasteiger partial charge >= 0.3 is 0 Å². The Labute approximate surface area is 189 Å². The fourth-order valence-electron chi connectivity index (χ4n) is 4.76. The first-order valence-electron chi connectivity index (χ1n) is 11.4. The van der Waals surface area contributed by atoms with Gasteiger partial charge in [-0.15, -0.1) is 0 Å². The molecule has 32 heavy (non-hydrogen) atoms. The molecule has 0 bridgehead atoms. The van der Waals surface area contributed by atoms with Crippen LogP contribution in [0.1, 0.15) is 46.4 Å². The van der Waals surface area contributed by atoms with Crippen LogP contribution in [0.15, 0.2) is 48.5 Å². The number of likely N-dealkylation sites (tertiary alicyclic amines) is 1. The third-order valence-electron chi connectivity index (χ3n) is 6.79. The third kappa shape index (κ3) is 4.85. The van der Waals surface area contributed by atoms with E-state index in [4.69, 9.17) is 4.74 Å². The van der Waals surface area contributed by atoms with Crippen molar-refractivity contribution < 1.29 is 19.1 Å². The molecule has 2 aromatic rings. The van der Waals surface area contributed by atoms with Gasteiger partial charge in [0.1, 0.15) is 12.0 Å². The van der Waals surface area contributed by atoms with Crippen LogP contribution in [0.4, 0.5) is 5.69 Å². The fraction of sp³-hybridized carbons (Fsp3) is 0.423. The second kappa shape index (κ2) is 9.98. The number of ether oxygens (including phenoxy) is 1. The molecule has 0 unspecified atom stereocenters. The summed E-state index contributed by atoms with van der Waals surface area (Å²) < 4.78 is 5.16. The number of nitrogens with zero attached hydrogens (tertiary/aromatic N) is 2. The van der Waals surface area contributed by atoms with Gasteiger partial charge in [0.25, 0.3) is 0 Å². The van der Waals surface area contributed by atoms with Gasteiger partial charge in [-0.25, -0.2) is 0 Å². The van der Waals surface area contributed by atoms with E-state index in [1.165, 1.54) is 0 Å². The predicted molar refractivity (Wildman–Crippen MR) is 123 cm³/mol. The molecule has 0 radical (unpaired) electrons. The maximum Gasteiger partial charge on any atom is 0.225 e. The van der Waals surface area contributed by atoms with Crippen molar-refractivity contribution >= 4 is 23.7 Å². The van der Waals surface area contributed by atoms with Crippen LogP contribution in [-0.4, -0.2) is 56.2 Å². The number of piperidine rings is 2. The number of hydrogen-bond acceptors (Lipinski definition) is 5. The topological polar surface area (TPSA) is 66.9 Å². The van der Waals surface area contributed by atoms with Crippen LogP contribution in [0.3, 0.4) is 0 Å².